The summed E-state index contributed by atoms with van der Waals surface area (Å²) in [5, 5.41) is 10.1. The molecule has 0 heterocycles. The summed E-state index contributed by atoms with van der Waals surface area (Å²) in [4.78, 5) is 0. The summed E-state index contributed by atoms with van der Waals surface area (Å²) in [6.45, 7) is 4.30. The van der Waals surface area contributed by atoms with Crippen molar-refractivity contribution in [1.29, 1.82) is 0 Å². The van der Waals surface area contributed by atoms with Gasteiger partial charge in [-0.05, 0) is 25.2 Å². The van der Waals surface area contributed by atoms with E-state index in [0.717, 1.165) is 32.1 Å². The van der Waals surface area contributed by atoms with Crippen LogP contribution in [0.15, 0.2) is 0 Å². The molecule has 0 aromatic heterocycles. The van der Waals surface area contributed by atoms with E-state index < -0.39 is 5.60 Å². The Bertz CT molecular complexity index is 139. The molecule has 1 atom stereocenters. The summed E-state index contributed by atoms with van der Waals surface area (Å²) in [7, 11) is 0. The minimum atomic E-state index is -0.537. The van der Waals surface area contributed by atoms with E-state index in [2.05, 4.69) is 13.8 Å². The molecule has 1 aliphatic carbocycles. The van der Waals surface area contributed by atoms with Crippen molar-refractivity contribution in [2.75, 3.05) is 0 Å². The van der Waals surface area contributed by atoms with E-state index in [0.29, 0.717) is 5.92 Å². The van der Waals surface area contributed by atoms with Gasteiger partial charge in [0.2, 0.25) is 0 Å². The van der Waals surface area contributed by atoms with Crippen LogP contribution >= 0.6 is 0 Å². The number of nitrogens with two attached hydrogens (primary N) is 1. The lowest BCUT2D eigenvalue weighted by molar-refractivity contribution is 0.0146. The highest BCUT2D eigenvalue weighted by Gasteiger charge is 2.37. The van der Waals surface area contributed by atoms with Crippen LogP contribution in [0.25, 0.3) is 0 Å². The average molecular weight is 171 g/mol. The summed E-state index contributed by atoms with van der Waals surface area (Å²) in [5.41, 5.74) is 5.43. The lowest BCUT2D eigenvalue weighted by atomic mass is 9.87. The third-order valence-electron chi connectivity index (χ3n) is 2.88. The van der Waals surface area contributed by atoms with E-state index in [1.165, 1.54) is 0 Å². The summed E-state index contributed by atoms with van der Waals surface area (Å²) in [6, 6.07) is -0.0139. The van der Waals surface area contributed by atoms with Gasteiger partial charge in [-0.1, -0.05) is 26.7 Å². The van der Waals surface area contributed by atoms with Gasteiger partial charge >= 0.3 is 0 Å². The van der Waals surface area contributed by atoms with Crippen LogP contribution in [-0.2, 0) is 0 Å². The number of hydrogen-bond donors (Lipinski definition) is 2. The van der Waals surface area contributed by atoms with Crippen molar-refractivity contribution in [3.8, 4) is 0 Å². The fourth-order valence-corrected chi connectivity index (χ4v) is 2.09. The van der Waals surface area contributed by atoms with Crippen LogP contribution in [0.3, 0.4) is 0 Å². The van der Waals surface area contributed by atoms with Crippen LogP contribution in [0.5, 0.6) is 0 Å². The molecule has 0 amide bonds. The van der Waals surface area contributed by atoms with Gasteiger partial charge in [-0.25, -0.2) is 0 Å². The number of aliphatic hydroxyl groups is 1. The van der Waals surface area contributed by atoms with Gasteiger partial charge in [-0.2, -0.15) is 0 Å². The Balaban J connectivity index is 2.44. The second-order valence-electron chi connectivity index (χ2n) is 4.55. The van der Waals surface area contributed by atoms with Gasteiger partial charge in [0.25, 0.3) is 0 Å². The molecule has 1 saturated carbocycles. The molecule has 72 valence electrons. The standard InChI is InChI=1S/C10H21NO/c1-8(2)7-9(11)10(12)5-3-4-6-10/h8-9,12H,3-7,11H2,1-2H3. The smallest absolute Gasteiger partial charge is 0.0798 e. The molecular weight excluding hydrogens is 150 g/mol. The first kappa shape index (κ1) is 10.0. The van der Waals surface area contributed by atoms with Gasteiger partial charge in [-0.15, -0.1) is 0 Å². The molecule has 12 heavy (non-hydrogen) atoms. The summed E-state index contributed by atoms with van der Waals surface area (Å²) in [6.07, 6.45) is 5.03. The van der Waals surface area contributed by atoms with Crippen molar-refractivity contribution in [3.63, 3.8) is 0 Å². The quantitative estimate of drug-likeness (QED) is 0.678. The zero-order chi connectivity index (χ0) is 9.19. The number of rotatable bonds is 3. The van der Waals surface area contributed by atoms with E-state index in [-0.39, 0.29) is 6.04 Å². The molecule has 1 aliphatic rings. The Morgan fingerprint density at radius 1 is 1.33 bits per heavy atom. The van der Waals surface area contributed by atoms with Crippen LogP contribution < -0.4 is 5.73 Å². The molecule has 0 saturated heterocycles. The molecule has 0 aromatic carbocycles. The lowest BCUT2D eigenvalue weighted by Gasteiger charge is -2.30. The zero-order valence-electron chi connectivity index (χ0n) is 8.21. The Hall–Kier alpha value is -0.0800. The van der Waals surface area contributed by atoms with Crippen molar-refractivity contribution in [1.82, 2.24) is 0 Å². The van der Waals surface area contributed by atoms with Gasteiger partial charge < -0.3 is 10.8 Å². The first-order valence-corrected chi connectivity index (χ1v) is 5.02. The fraction of sp³-hybridized carbons (Fsp3) is 1.00. The van der Waals surface area contributed by atoms with E-state index in [1.807, 2.05) is 0 Å². The normalized spacial score (nSPS) is 24.8. The molecular formula is C10H21NO. The largest absolute Gasteiger partial charge is 0.388 e. The fourth-order valence-electron chi connectivity index (χ4n) is 2.09. The maximum atomic E-state index is 10.1. The van der Waals surface area contributed by atoms with Gasteiger partial charge in [0, 0.05) is 6.04 Å². The van der Waals surface area contributed by atoms with Gasteiger partial charge in [0.15, 0.2) is 0 Å². The minimum absolute atomic E-state index is 0.0139. The molecule has 0 radical (unpaired) electrons. The second kappa shape index (κ2) is 3.75. The van der Waals surface area contributed by atoms with Crippen LogP contribution in [-0.4, -0.2) is 16.7 Å². The molecule has 1 fully saturated rings. The molecule has 2 nitrogen and oxygen atoms in total. The van der Waals surface area contributed by atoms with Gasteiger partial charge in [0.1, 0.15) is 0 Å². The predicted octanol–water partition coefficient (Wildman–Crippen LogP) is 1.66. The molecule has 0 aliphatic heterocycles. The summed E-state index contributed by atoms with van der Waals surface area (Å²) < 4.78 is 0. The maximum Gasteiger partial charge on any atom is 0.0798 e. The van der Waals surface area contributed by atoms with Crippen LogP contribution in [0.1, 0.15) is 46.0 Å². The minimum Gasteiger partial charge on any atom is -0.388 e. The highest BCUT2D eigenvalue weighted by molar-refractivity contribution is 4.93. The Kier molecular flexibility index (Phi) is 3.13. The topological polar surface area (TPSA) is 46.2 Å². The van der Waals surface area contributed by atoms with Crippen LogP contribution in [0.2, 0.25) is 0 Å². The van der Waals surface area contributed by atoms with Crippen LogP contribution in [0.4, 0.5) is 0 Å². The zero-order valence-corrected chi connectivity index (χ0v) is 8.21. The molecule has 0 bridgehead atoms. The van der Waals surface area contributed by atoms with Gasteiger partial charge in [-0.3, -0.25) is 0 Å². The Morgan fingerprint density at radius 3 is 2.25 bits per heavy atom. The van der Waals surface area contributed by atoms with E-state index in [1.54, 1.807) is 0 Å². The summed E-state index contributed by atoms with van der Waals surface area (Å²) >= 11 is 0. The first-order valence-electron chi connectivity index (χ1n) is 5.02. The van der Waals surface area contributed by atoms with Crippen molar-refractivity contribution >= 4 is 0 Å². The Labute approximate surface area is 75.2 Å². The molecule has 3 N–H and O–H groups in total. The monoisotopic (exact) mass is 171 g/mol. The number of hydrogen-bond acceptors (Lipinski definition) is 2. The summed E-state index contributed by atoms with van der Waals surface area (Å²) in [5.74, 6) is 0.588. The lowest BCUT2D eigenvalue weighted by Crippen LogP contribution is -2.46. The SMILES string of the molecule is CC(C)CC(N)C1(O)CCCC1. The van der Waals surface area contributed by atoms with Crippen LogP contribution in [0, 0.1) is 5.92 Å². The van der Waals surface area contributed by atoms with Crippen molar-refractivity contribution in [3.05, 3.63) is 0 Å². The Morgan fingerprint density at radius 2 is 1.83 bits per heavy atom. The average Bonchev–Trinajstić information content (AvgIpc) is 2.36. The van der Waals surface area contributed by atoms with Crippen molar-refractivity contribution in [2.45, 2.75) is 57.6 Å². The maximum absolute atomic E-state index is 10.1. The van der Waals surface area contributed by atoms with Gasteiger partial charge in [0.05, 0.1) is 5.60 Å². The molecule has 1 unspecified atom stereocenters. The molecule has 0 aromatic rings. The highest BCUT2D eigenvalue weighted by Crippen LogP contribution is 2.33. The second-order valence-corrected chi connectivity index (χ2v) is 4.55. The van der Waals surface area contributed by atoms with Crippen molar-refractivity contribution < 1.29 is 5.11 Å². The third kappa shape index (κ3) is 2.20. The van der Waals surface area contributed by atoms with E-state index in [9.17, 15) is 5.11 Å². The predicted molar refractivity (Wildman–Crippen MR) is 50.8 cm³/mol. The molecule has 1 rings (SSSR count). The van der Waals surface area contributed by atoms with E-state index in [4.69, 9.17) is 5.73 Å². The van der Waals surface area contributed by atoms with Crippen molar-refractivity contribution in [2.24, 2.45) is 11.7 Å². The molecule has 2 heteroatoms. The highest BCUT2D eigenvalue weighted by atomic mass is 16.3. The third-order valence-corrected chi connectivity index (χ3v) is 2.88. The van der Waals surface area contributed by atoms with E-state index >= 15 is 0 Å². The molecule has 0 spiro atoms. The first-order chi connectivity index (χ1) is 5.54.